The summed E-state index contributed by atoms with van der Waals surface area (Å²) in [6.07, 6.45) is 0. The number of pyridine rings is 1. The van der Waals surface area contributed by atoms with Crippen LogP contribution in [-0.2, 0) is 0 Å². The highest BCUT2D eigenvalue weighted by atomic mass is 32.1. The fourth-order valence-corrected chi connectivity index (χ4v) is 11.3. The van der Waals surface area contributed by atoms with Crippen LogP contribution in [0.3, 0.4) is 0 Å². The van der Waals surface area contributed by atoms with E-state index >= 15 is 0 Å². The van der Waals surface area contributed by atoms with E-state index in [1.807, 2.05) is 23.5 Å². The minimum absolute atomic E-state index is 0.549. The largest absolute Gasteiger partial charge is 0.294 e. The number of nitrogens with zero attached hydrogens (tertiary/aromatic N) is 6. The summed E-state index contributed by atoms with van der Waals surface area (Å²) in [6, 6.07) is 81.4. The second kappa shape index (κ2) is 15.8. The Morgan fingerprint density at radius 1 is 0.290 bits per heavy atom. The number of benzene rings is 9. The third kappa shape index (κ3) is 6.47. The van der Waals surface area contributed by atoms with E-state index < -0.39 is 0 Å². The van der Waals surface area contributed by atoms with Crippen molar-refractivity contribution in [2.75, 3.05) is 0 Å². The normalized spacial score (nSPS) is 11.8. The van der Waals surface area contributed by atoms with Crippen molar-refractivity contribution in [1.29, 1.82) is 0 Å². The van der Waals surface area contributed by atoms with E-state index in [4.69, 9.17) is 19.9 Å². The molecule has 0 saturated heterocycles. The van der Waals surface area contributed by atoms with Crippen LogP contribution in [0, 0.1) is 0 Å². The van der Waals surface area contributed by atoms with Gasteiger partial charge >= 0.3 is 0 Å². The topological polar surface area (TPSA) is 61.4 Å². The van der Waals surface area contributed by atoms with E-state index in [0.717, 1.165) is 94.1 Å². The molecular formula is C62H38N6S. The van der Waals surface area contributed by atoms with Crippen molar-refractivity contribution in [3.05, 3.63) is 231 Å². The van der Waals surface area contributed by atoms with E-state index in [2.05, 4.69) is 228 Å². The molecule has 322 valence electrons. The van der Waals surface area contributed by atoms with Crippen LogP contribution in [0.25, 0.3) is 132 Å². The number of hydrogen-bond acceptors (Lipinski definition) is 5. The summed E-state index contributed by atoms with van der Waals surface area (Å²) in [7, 11) is 0. The lowest BCUT2D eigenvalue weighted by atomic mass is 10.0. The predicted molar refractivity (Wildman–Crippen MR) is 286 cm³/mol. The molecule has 14 aromatic rings. The summed E-state index contributed by atoms with van der Waals surface area (Å²) in [4.78, 5) is 21.3. The van der Waals surface area contributed by atoms with Gasteiger partial charge < -0.3 is 0 Å². The fraction of sp³-hybridized carbons (Fsp3) is 0. The first-order chi connectivity index (χ1) is 34.2. The van der Waals surface area contributed by atoms with Crippen LogP contribution < -0.4 is 0 Å². The lowest BCUT2D eigenvalue weighted by Gasteiger charge is -2.12. The van der Waals surface area contributed by atoms with Crippen LogP contribution in [-0.4, -0.2) is 29.1 Å². The van der Waals surface area contributed by atoms with E-state index in [9.17, 15) is 0 Å². The van der Waals surface area contributed by atoms with Crippen LogP contribution in [0.5, 0.6) is 0 Å². The van der Waals surface area contributed by atoms with E-state index in [1.54, 1.807) is 0 Å². The molecule has 0 unspecified atom stereocenters. The molecule has 0 radical (unpaired) electrons. The smallest absolute Gasteiger partial charge is 0.238 e. The van der Waals surface area contributed by atoms with Crippen LogP contribution >= 0.6 is 11.3 Å². The standard InChI is InChI=1S/C62H38N6S/c1-3-14-39(15-4-1)41-26-30-43(31-27-41)60-64-61(44-32-28-42(29-33-44)40-16-5-2-6-17-40)66-62(65-60)68-52-23-11-8-20-48(52)59-54(68)36-35-53-58(59)47-19-7-10-22-51(47)67(53)57-25-13-21-50(63-57)45-34-37-56-49(38-45)46-18-9-12-24-55(46)69-56/h1-38H. The summed E-state index contributed by atoms with van der Waals surface area (Å²) in [5.41, 5.74) is 12.6. The molecule has 0 N–H and O–H groups in total. The summed E-state index contributed by atoms with van der Waals surface area (Å²) in [5.74, 6) is 2.61. The highest BCUT2D eigenvalue weighted by Crippen LogP contribution is 2.43. The van der Waals surface area contributed by atoms with Gasteiger partial charge in [-0.3, -0.25) is 9.13 Å². The molecule has 0 bridgehead atoms. The molecule has 0 atom stereocenters. The van der Waals surface area contributed by atoms with Crippen LogP contribution in [0.1, 0.15) is 0 Å². The van der Waals surface area contributed by atoms with Crippen molar-refractivity contribution >= 4 is 75.1 Å². The van der Waals surface area contributed by atoms with Crippen molar-refractivity contribution < 1.29 is 0 Å². The zero-order chi connectivity index (χ0) is 45.4. The first kappa shape index (κ1) is 39.2. The minimum Gasteiger partial charge on any atom is -0.294 e. The molecule has 5 aromatic heterocycles. The van der Waals surface area contributed by atoms with Crippen molar-refractivity contribution in [1.82, 2.24) is 29.1 Å². The number of hydrogen-bond donors (Lipinski definition) is 0. The van der Waals surface area contributed by atoms with Crippen molar-refractivity contribution in [2.24, 2.45) is 0 Å². The van der Waals surface area contributed by atoms with E-state index in [-0.39, 0.29) is 0 Å². The second-order valence-corrected chi connectivity index (χ2v) is 18.5. The van der Waals surface area contributed by atoms with Gasteiger partial charge in [0.05, 0.1) is 27.8 Å². The van der Waals surface area contributed by atoms with E-state index in [1.165, 1.54) is 20.2 Å². The Hall–Kier alpha value is -9.04. The van der Waals surface area contributed by atoms with Gasteiger partial charge in [0, 0.05) is 58.4 Å². The molecule has 0 spiro atoms. The molecule has 0 aliphatic rings. The predicted octanol–water partition coefficient (Wildman–Crippen LogP) is 16.2. The molecular weight excluding hydrogens is 861 g/mol. The van der Waals surface area contributed by atoms with Crippen LogP contribution in [0.4, 0.5) is 0 Å². The molecule has 14 rings (SSSR count). The maximum Gasteiger partial charge on any atom is 0.238 e. The summed E-state index contributed by atoms with van der Waals surface area (Å²) < 4.78 is 7.10. The Kier molecular flexibility index (Phi) is 8.97. The molecule has 6 nitrogen and oxygen atoms in total. The third-order valence-electron chi connectivity index (χ3n) is 13.4. The fourth-order valence-electron chi connectivity index (χ4n) is 10.2. The zero-order valence-electron chi connectivity index (χ0n) is 37.0. The summed E-state index contributed by atoms with van der Waals surface area (Å²) in [5, 5.41) is 7.08. The van der Waals surface area contributed by atoms with Gasteiger partial charge in [-0.25, -0.2) is 9.97 Å². The van der Waals surface area contributed by atoms with Gasteiger partial charge in [-0.2, -0.15) is 9.97 Å². The van der Waals surface area contributed by atoms with Crippen LogP contribution in [0.15, 0.2) is 231 Å². The zero-order valence-corrected chi connectivity index (χ0v) is 37.8. The molecule has 0 aliphatic heterocycles. The first-order valence-corrected chi connectivity index (χ1v) is 23.9. The highest BCUT2D eigenvalue weighted by molar-refractivity contribution is 7.25. The monoisotopic (exact) mass is 898 g/mol. The molecule has 9 aromatic carbocycles. The number of aromatic nitrogens is 6. The molecule has 0 amide bonds. The molecule has 0 aliphatic carbocycles. The average Bonchev–Trinajstić information content (AvgIpc) is 4.09. The summed E-state index contributed by atoms with van der Waals surface area (Å²) in [6.45, 7) is 0. The van der Waals surface area contributed by atoms with Gasteiger partial charge in [0.1, 0.15) is 5.82 Å². The number of rotatable bonds is 7. The van der Waals surface area contributed by atoms with Crippen molar-refractivity contribution in [3.63, 3.8) is 0 Å². The minimum atomic E-state index is 0.549. The number of para-hydroxylation sites is 2. The first-order valence-electron chi connectivity index (χ1n) is 23.1. The molecule has 0 fully saturated rings. The van der Waals surface area contributed by atoms with E-state index in [0.29, 0.717) is 17.6 Å². The van der Waals surface area contributed by atoms with Gasteiger partial charge in [0.2, 0.25) is 5.95 Å². The Morgan fingerprint density at radius 3 is 1.39 bits per heavy atom. The van der Waals surface area contributed by atoms with Crippen LogP contribution in [0.2, 0.25) is 0 Å². The quantitative estimate of drug-likeness (QED) is 0.160. The number of fused-ring (bicyclic) bond motifs is 10. The Labute approximate surface area is 400 Å². The Balaban J connectivity index is 0.959. The lowest BCUT2D eigenvalue weighted by Crippen LogP contribution is -2.06. The maximum absolute atomic E-state index is 5.41. The van der Waals surface area contributed by atoms with Gasteiger partial charge in [0.25, 0.3) is 0 Å². The maximum atomic E-state index is 5.41. The Morgan fingerprint density at radius 2 is 0.768 bits per heavy atom. The second-order valence-electron chi connectivity index (χ2n) is 17.4. The summed E-state index contributed by atoms with van der Waals surface area (Å²) >= 11 is 1.83. The SMILES string of the molecule is c1ccc(-c2ccc(-c3nc(-c4ccc(-c5ccccc5)cc4)nc(-n4c5ccccc5c5c6c7ccccc7n(-c7cccc(-c8ccc9sc%10ccccc%10c9c8)n7)c6ccc54)n3)cc2)cc1. The van der Waals surface area contributed by atoms with Gasteiger partial charge in [-0.1, -0.05) is 176 Å². The van der Waals surface area contributed by atoms with Gasteiger partial charge in [-0.05, 0) is 76.9 Å². The highest BCUT2D eigenvalue weighted by Gasteiger charge is 2.23. The lowest BCUT2D eigenvalue weighted by molar-refractivity contribution is 0.953. The Bertz CT molecular complexity index is 4180. The van der Waals surface area contributed by atoms with Crippen molar-refractivity contribution in [2.45, 2.75) is 0 Å². The number of thiophene rings is 1. The molecule has 5 heterocycles. The van der Waals surface area contributed by atoms with Gasteiger partial charge in [-0.15, -0.1) is 11.3 Å². The average molecular weight is 899 g/mol. The molecule has 7 heteroatoms. The molecule has 69 heavy (non-hydrogen) atoms. The van der Waals surface area contributed by atoms with Gasteiger partial charge in [0.15, 0.2) is 11.6 Å². The molecule has 0 saturated carbocycles. The third-order valence-corrected chi connectivity index (χ3v) is 14.6. The van der Waals surface area contributed by atoms with Crippen molar-refractivity contribution in [3.8, 4) is 68.1 Å².